The first kappa shape index (κ1) is 23.2. The predicted molar refractivity (Wildman–Crippen MR) is 113 cm³/mol. The van der Waals surface area contributed by atoms with E-state index in [1.807, 2.05) is 0 Å². The van der Waals surface area contributed by atoms with Gasteiger partial charge in [-0.3, -0.25) is 20.6 Å². The van der Waals surface area contributed by atoms with Gasteiger partial charge in [-0.1, -0.05) is 0 Å². The normalized spacial score (nSPS) is 10.7. The number of carbonyl (C=O) groups is 2. The van der Waals surface area contributed by atoms with Crippen molar-refractivity contribution in [3.05, 3.63) is 72.6 Å². The summed E-state index contributed by atoms with van der Waals surface area (Å²) >= 11 is 0. The molecule has 12 heteroatoms. The lowest BCUT2D eigenvalue weighted by molar-refractivity contribution is -0.274. The van der Waals surface area contributed by atoms with Crippen molar-refractivity contribution in [2.45, 2.75) is 6.36 Å². The molecule has 0 aliphatic rings. The Morgan fingerprint density at radius 2 is 1.52 bits per heavy atom. The fourth-order valence-corrected chi connectivity index (χ4v) is 2.50. The SMILES string of the molecule is CNC(=O)c1cc(Oc2ccc(NNC(=O)Nc3ccc(OC(F)(F)F)cc3)cc2)ccn1. The number of rotatable bonds is 7. The Morgan fingerprint density at radius 3 is 2.15 bits per heavy atom. The number of benzene rings is 2. The van der Waals surface area contributed by atoms with E-state index in [1.165, 1.54) is 31.4 Å². The van der Waals surface area contributed by atoms with E-state index in [0.29, 0.717) is 17.2 Å². The summed E-state index contributed by atoms with van der Waals surface area (Å²) in [7, 11) is 1.50. The second kappa shape index (κ2) is 10.2. The average Bonchev–Trinajstić information content (AvgIpc) is 2.78. The van der Waals surface area contributed by atoms with Crippen LogP contribution in [0.25, 0.3) is 0 Å². The number of carbonyl (C=O) groups excluding carboxylic acids is 2. The highest BCUT2D eigenvalue weighted by Crippen LogP contribution is 2.24. The van der Waals surface area contributed by atoms with Crippen LogP contribution in [0.2, 0.25) is 0 Å². The van der Waals surface area contributed by atoms with Crippen molar-refractivity contribution in [1.82, 2.24) is 15.7 Å². The summed E-state index contributed by atoms with van der Waals surface area (Å²) in [5.74, 6) is 0.175. The third kappa shape index (κ3) is 7.31. The van der Waals surface area contributed by atoms with Gasteiger partial charge in [0, 0.05) is 25.0 Å². The number of hydrogen-bond acceptors (Lipinski definition) is 6. The minimum atomic E-state index is -4.79. The van der Waals surface area contributed by atoms with Crippen molar-refractivity contribution in [2.24, 2.45) is 0 Å². The molecule has 1 heterocycles. The molecule has 0 saturated heterocycles. The summed E-state index contributed by atoms with van der Waals surface area (Å²) in [6.45, 7) is 0. The summed E-state index contributed by atoms with van der Waals surface area (Å²) < 4.78 is 46.0. The van der Waals surface area contributed by atoms with Crippen LogP contribution in [0.3, 0.4) is 0 Å². The molecule has 172 valence electrons. The van der Waals surface area contributed by atoms with Gasteiger partial charge in [-0.25, -0.2) is 4.79 Å². The second-order valence-electron chi connectivity index (χ2n) is 6.36. The first-order valence-corrected chi connectivity index (χ1v) is 9.37. The van der Waals surface area contributed by atoms with E-state index in [9.17, 15) is 22.8 Å². The molecule has 0 unspecified atom stereocenters. The van der Waals surface area contributed by atoms with Crippen molar-refractivity contribution in [1.29, 1.82) is 0 Å². The monoisotopic (exact) mass is 461 g/mol. The van der Waals surface area contributed by atoms with E-state index in [4.69, 9.17) is 4.74 Å². The molecule has 2 aromatic carbocycles. The highest BCUT2D eigenvalue weighted by atomic mass is 19.4. The van der Waals surface area contributed by atoms with Crippen molar-refractivity contribution in [3.8, 4) is 17.2 Å². The number of ether oxygens (including phenoxy) is 2. The number of hydrazine groups is 1. The number of hydrogen-bond donors (Lipinski definition) is 4. The van der Waals surface area contributed by atoms with Gasteiger partial charge in [0.25, 0.3) is 5.91 Å². The Bertz CT molecular complexity index is 1110. The average molecular weight is 461 g/mol. The highest BCUT2D eigenvalue weighted by Gasteiger charge is 2.30. The van der Waals surface area contributed by atoms with Crippen LogP contribution in [-0.4, -0.2) is 30.3 Å². The van der Waals surface area contributed by atoms with Crippen LogP contribution in [0.15, 0.2) is 66.9 Å². The Kier molecular flexibility index (Phi) is 7.18. The maximum absolute atomic E-state index is 12.2. The lowest BCUT2D eigenvalue weighted by Crippen LogP contribution is -2.33. The standard InChI is InChI=1S/C21H18F3N5O4/c1-25-19(30)18-12-17(10-11-26-18)32-15-6-4-14(5-7-15)28-29-20(31)27-13-2-8-16(9-3-13)33-21(22,23)24/h2-12,28H,1H3,(H,25,30)(H2,27,29,31). The highest BCUT2D eigenvalue weighted by molar-refractivity contribution is 5.92. The maximum atomic E-state index is 12.2. The predicted octanol–water partition coefficient (Wildman–Crippen LogP) is 4.28. The van der Waals surface area contributed by atoms with E-state index < -0.39 is 18.1 Å². The first-order chi connectivity index (χ1) is 15.7. The van der Waals surface area contributed by atoms with Crippen molar-refractivity contribution < 1.29 is 32.2 Å². The van der Waals surface area contributed by atoms with Crippen LogP contribution in [0.5, 0.6) is 17.2 Å². The van der Waals surface area contributed by atoms with Gasteiger partial charge in [-0.05, 0) is 54.6 Å². The molecular weight excluding hydrogens is 443 g/mol. The van der Waals surface area contributed by atoms with Gasteiger partial charge in [-0.15, -0.1) is 13.2 Å². The topological polar surface area (TPSA) is 114 Å². The number of anilines is 2. The molecule has 3 rings (SSSR count). The number of alkyl halides is 3. The van der Waals surface area contributed by atoms with Crippen LogP contribution in [0, 0.1) is 0 Å². The zero-order valence-electron chi connectivity index (χ0n) is 17.1. The fraction of sp³-hybridized carbons (Fsp3) is 0.0952. The number of aromatic nitrogens is 1. The van der Waals surface area contributed by atoms with Crippen LogP contribution in [0.1, 0.15) is 10.5 Å². The smallest absolute Gasteiger partial charge is 0.457 e. The van der Waals surface area contributed by atoms with Gasteiger partial charge in [0.05, 0.1) is 5.69 Å². The summed E-state index contributed by atoms with van der Waals surface area (Å²) in [5, 5.41) is 4.93. The quantitative estimate of drug-likeness (QED) is 0.391. The van der Waals surface area contributed by atoms with Gasteiger partial charge in [-0.2, -0.15) is 0 Å². The molecule has 0 bridgehead atoms. The van der Waals surface area contributed by atoms with E-state index in [-0.39, 0.29) is 17.3 Å². The van der Waals surface area contributed by atoms with Crippen LogP contribution >= 0.6 is 0 Å². The third-order valence-electron chi connectivity index (χ3n) is 3.95. The van der Waals surface area contributed by atoms with E-state index in [1.54, 1.807) is 30.3 Å². The first-order valence-electron chi connectivity index (χ1n) is 9.37. The van der Waals surface area contributed by atoms with Crippen molar-refractivity contribution in [2.75, 3.05) is 17.8 Å². The van der Waals surface area contributed by atoms with E-state index in [2.05, 4.69) is 31.2 Å². The molecule has 0 radical (unpaired) electrons. The Morgan fingerprint density at radius 1 is 0.879 bits per heavy atom. The summed E-state index contributed by atoms with van der Waals surface area (Å²) in [6.07, 6.45) is -3.33. The van der Waals surface area contributed by atoms with Crippen LogP contribution in [0.4, 0.5) is 29.3 Å². The molecule has 1 aromatic heterocycles. The molecule has 0 atom stereocenters. The molecule has 3 aromatic rings. The second-order valence-corrected chi connectivity index (χ2v) is 6.36. The van der Waals surface area contributed by atoms with Gasteiger partial charge in [0.2, 0.25) is 0 Å². The summed E-state index contributed by atoms with van der Waals surface area (Å²) in [5.41, 5.74) is 6.08. The fourth-order valence-electron chi connectivity index (χ4n) is 2.50. The van der Waals surface area contributed by atoms with Gasteiger partial charge in [0.1, 0.15) is 22.9 Å². The molecule has 0 aliphatic heterocycles. The molecule has 0 fully saturated rings. The summed E-state index contributed by atoms with van der Waals surface area (Å²) in [6, 6.07) is 13.7. The van der Waals surface area contributed by atoms with E-state index in [0.717, 1.165) is 12.1 Å². The number of nitrogens with zero attached hydrogens (tertiary/aromatic N) is 1. The number of nitrogens with one attached hydrogen (secondary N) is 4. The number of halogens is 3. The van der Waals surface area contributed by atoms with Gasteiger partial charge in [0.15, 0.2) is 0 Å². The molecular formula is C21H18F3N5O4. The van der Waals surface area contributed by atoms with Crippen molar-refractivity contribution >= 4 is 23.3 Å². The van der Waals surface area contributed by atoms with Crippen molar-refractivity contribution in [3.63, 3.8) is 0 Å². The molecule has 0 aliphatic carbocycles. The molecule has 3 amide bonds. The summed E-state index contributed by atoms with van der Waals surface area (Å²) in [4.78, 5) is 27.6. The largest absolute Gasteiger partial charge is 0.573 e. The Labute approximate surface area is 185 Å². The van der Waals surface area contributed by atoms with Crippen LogP contribution in [-0.2, 0) is 0 Å². The van der Waals surface area contributed by atoms with Gasteiger partial charge < -0.3 is 20.1 Å². The zero-order valence-corrected chi connectivity index (χ0v) is 17.1. The third-order valence-corrected chi connectivity index (χ3v) is 3.95. The molecule has 33 heavy (non-hydrogen) atoms. The number of pyridine rings is 1. The number of urea groups is 1. The maximum Gasteiger partial charge on any atom is 0.573 e. The molecule has 4 N–H and O–H groups in total. The molecule has 9 nitrogen and oxygen atoms in total. The lowest BCUT2D eigenvalue weighted by atomic mass is 10.3. The minimum absolute atomic E-state index is 0.214. The molecule has 0 spiro atoms. The molecule has 0 saturated carbocycles. The Balaban J connectivity index is 1.49. The minimum Gasteiger partial charge on any atom is -0.457 e. The van der Waals surface area contributed by atoms with E-state index >= 15 is 0 Å². The lowest BCUT2D eigenvalue weighted by Gasteiger charge is -2.12. The Hall–Kier alpha value is -4.48. The van der Waals surface area contributed by atoms with Crippen LogP contribution < -0.4 is 31.0 Å². The zero-order chi connectivity index (χ0) is 23.8. The van der Waals surface area contributed by atoms with Gasteiger partial charge >= 0.3 is 12.4 Å². The number of amides is 3.